The van der Waals surface area contributed by atoms with Gasteiger partial charge in [-0.15, -0.1) is 0 Å². The zero-order chi connectivity index (χ0) is 12.5. The van der Waals surface area contributed by atoms with Crippen LogP contribution in [-0.2, 0) is 0 Å². The van der Waals surface area contributed by atoms with Crippen LogP contribution >= 0.6 is 0 Å². The van der Waals surface area contributed by atoms with Gasteiger partial charge in [0.1, 0.15) is 5.52 Å². The Kier molecular flexibility index (Phi) is 2.30. The van der Waals surface area contributed by atoms with Crippen LogP contribution in [0.3, 0.4) is 0 Å². The van der Waals surface area contributed by atoms with Crippen molar-refractivity contribution in [2.24, 2.45) is 0 Å². The van der Waals surface area contributed by atoms with Crippen molar-refractivity contribution in [2.75, 3.05) is 0 Å². The maximum absolute atomic E-state index is 10.7. The molecule has 0 aliphatic heterocycles. The van der Waals surface area contributed by atoms with Crippen molar-refractivity contribution in [2.45, 2.75) is 0 Å². The second-order valence-electron chi connectivity index (χ2n) is 3.79. The Bertz CT molecular complexity index is 701. The summed E-state index contributed by atoms with van der Waals surface area (Å²) in [7, 11) is 0. The smallest absolute Gasteiger partial charge is 0.270 e. The van der Waals surface area contributed by atoms with Gasteiger partial charge in [-0.2, -0.15) is 0 Å². The zero-order valence-electron chi connectivity index (χ0n) is 9.24. The van der Waals surface area contributed by atoms with Crippen molar-refractivity contribution in [1.82, 2.24) is 4.98 Å². The van der Waals surface area contributed by atoms with E-state index >= 15 is 0 Å². The first-order valence-corrected chi connectivity index (χ1v) is 5.34. The fourth-order valence-corrected chi connectivity index (χ4v) is 1.75. The molecule has 0 aliphatic carbocycles. The number of oxazole rings is 1. The molecule has 3 rings (SSSR count). The molecule has 0 bridgehead atoms. The lowest BCUT2D eigenvalue weighted by Crippen LogP contribution is -1.87. The number of para-hydroxylation sites is 2. The highest BCUT2D eigenvalue weighted by Crippen LogP contribution is 2.26. The first-order valence-electron chi connectivity index (χ1n) is 5.34. The fourth-order valence-electron chi connectivity index (χ4n) is 1.75. The van der Waals surface area contributed by atoms with Gasteiger partial charge in [0.05, 0.1) is 4.92 Å². The highest BCUT2D eigenvalue weighted by molar-refractivity contribution is 5.76. The number of non-ortho nitro benzene ring substituents is 1. The average molecular weight is 240 g/mol. The zero-order valence-corrected chi connectivity index (χ0v) is 9.24. The van der Waals surface area contributed by atoms with Gasteiger partial charge in [0.2, 0.25) is 5.89 Å². The molecule has 0 radical (unpaired) electrons. The number of hydrogen-bond donors (Lipinski definition) is 0. The average Bonchev–Trinajstić information content (AvgIpc) is 2.82. The molecule has 2 aromatic carbocycles. The van der Waals surface area contributed by atoms with E-state index in [0.29, 0.717) is 17.0 Å². The first-order chi connectivity index (χ1) is 8.74. The molecule has 0 amide bonds. The summed E-state index contributed by atoms with van der Waals surface area (Å²) in [4.78, 5) is 14.6. The summed E-state index contributed by atoms with van der Waals surface area (Å²) in [5.41, 5.74) is 2.02. The topological polar surface area (TPSA) is 69.2 Å². The van der Waals surface area contributed by atoms with E-state index in [9.17, 15) is 10.1 Å². The van der Waals surface area contributed by atoms with Crippen molar-refractivity contribution in [3.63, 3.8) is 0 Å². The standard InChI is InChI=1S/C13H8N2O3/c16-15(17)10-5-3-4-9(8-10)13-14-11-6-1-2-7-12(11)18-13/h1-8H. The summed E-state index contributed by atoms with van der Waals surface area (Å²) in [5, 5.41) is 10.7. The molecule has 3 aromatic rings. The Hall–Kier alpha value is -2.69. The van der Waals surface area contributed by atoms with Crippen LogP contribution < -0.4 is 0 Å². The van der Waals surface area contributed by atoms with Crippen molar-refractivity contribution in [3.05, 3.63) is 58.6 Å². The van der Waals surface area contributed by atoms with E-state index in [1.165, 1.54) is 12.1 Å². The van der Waals surface area contributed by atoms with E-state index in [2.05, 4.69) is 4.98 Å². The lowest BCUT2D eigenvalue weighted by molar-refractivity contribution is -0.384. The summed E-state index contributed by atoms with van der Waals surface area (Å²) in [6.45, 7) is 0. The number of rotatable bonds is 2. The van der Waals surface area contributed by atoms with Gasteiger partial charge >= 0.3 is 0 Å². The van der Waals surface area contributed by atoms with E-state index in [0.717, 1.165) is 5.52 Å². The minimum atomic E-state index is -0.438. The SMILES string of the molecule is O=[N+]([O-])c1cccc(-c2nc3ccccc3o2)c1. The Morgan fingerprint density at radius 2 is 1.94 bits per heavy atom. The number of fused-ring (bicyclic) bond motifs is 1. The molecule has 0 fully saturated rings. The molecule has 18 heavy (non-hydrogen) atoms. The molecule has 1 aromatic heterocycles. The van der Waals surface area contributed by atoms with E-state index in [4.69, 9.17) is 4.42 Å². The molecule has 0 N–H and O–H groups in total. The minimum Gasteiger partial charge on any atom is -0.436 e. The maximum atomic E-state index is 10.7. The highest BCUT2D eigenvalue weighted by Gasteiger charge is 2.11. The molecule has 0 saturated carbocycles. The molecule has 0 unspecified atom stereocenters. The second-order valence-corrected chi connectivity index (χ2v) is 3.79. The van der Waals surface area contributed by atoms with Crippen LogP contribution in [0.2, 0.25) is 0 Å². The number of nitro groups is 1. The number of hydrogen-bond acceptors (Lipinski definition) is 4. The fraction of sp³-hybridized carbons (Fsp3) is 0. The van der Waals surface area contributed by atoms with Crippen LogP contribution in [0.5, 0.6) is 0 Å². The normalized spacial score (nSPS) is 10.7. The molecule has 0 atom stereocenters. The molecule has 5 nitrogen and oxygen atoms in total. The molecular weight excluding hydrogens is 232 g/mol. The number of aromatic nitrogens is 1. The Morgan fingerprint density at radius 3 is 2.72 bits per heavy atom. The van der Waals surface area contributed by atoms with Crippen LogP contribution in [0.1, 0.15) is 0 Å². The summed E-state index contributed by atoms with van der Waals surface area (Å²) in [6, 6.07) is 13.6. The lowest BCUT2D eigenvalue weighted by Gasteiger charge is -1.94. The largest absolute Gasteiger partial charge is 0.436 e. The Labute approximate surface area is 102 Å². The van der Waals surface area contributed by atoms with Crippen LogP contribution in [0.25, 0.3) is 22.6 Å². The van der Waals surface area contributed by atoms with E-state index < -0.39 is 4.92 Å². The van der Waals surface area contributed by atoms with Crippen LogP contribution in [0.15, 0.2) is 52.9 Å². The maximum Gasteiger partial charge on any atom is 0.270 e. The molecule has 5 heteroatoms. The molecular formula is C13H8N2O3. The highest BCUT2D eigenvalue weighted by atomic mass is 16.6. The van der Waals surface area contributed by atoms with E-state index in [1.54, 1.807) is 12.1 Å². The van der Waals surface area contributed by atoms with Crippen LogP contribution in [-0.4, -0.2) is 9.91 Å². The van der Waals surface area contributed by atoms with Gasteiger partial charge in [-0.25, -0.2) is 4.98 Å². The summed E-state index contributed by atoms with van der Waals surface area (Å²) >= 11 is 0. The van der Waals surface area contributed by atoms with Crippen molar-refractivity contribution in [1.29, 1.82) is 0 Å². The Balaban J connectivity index is 2.13. The summed E-state index contributed by atoms with van der Waals surface area (Å²) < 4.78 is 5.56. The molecule has 0 saturated heterocycles. The first kappa shape index (κ1) is 10.5. The van der Waals surface area contributed by atoms with Gasteiger partial charge in [0.15, 0.2) is 5.58 Å². The summed E-state index contributed by atoms with van der Waals surface area (Å²) in [6.07, 6.45) is 0. The predicted octanol–water partition coefficient (Wildman–Crippen LogP) is 3.40. The predicted molar refractivity (Wildman–Crippen MR) is 66.1 cm³/mol. The van der Waals surface area contributed by atoms with Gasteiger partial charge in [-0.1, -0.05) is 18.2 Å². The van der Waals surface area contributed by atoms with Gasteiger partial charge in [0, 0.05) is 17.7 Å². The van der Waals surface area contributed by atoms with E-state index in [-0.39, 0.29) is 5.69 Å². The van der Waals surface area contributed by atoms with Gasteiger partial charge < -0.3 is 4.42 Å². The molecule has 1 heterocycles. The van der Waals surface area contributed by atoms with E-state index in [1.807, 2.05) is 24.3 Å². The number of nitro benzene ring substituents is 1. The Morgan fingerprint density at radius 1 is 1.11 bits per heavy atom. The van der Waals surface area contributed by atoms with Gasteiger partial charge in [-0.3, -0.25) is 10.1 Å². The molecule has 0 spiro atoms. The van der Waals surface area contributed by atoms with Crippen molar-refractivity contribution in [3.8, 4) is 11.5 Å². The third kappa shape index (κ3) is 1.71. The monoisotopic (exact) mass is 240 g/mol. The van der Waals surface area contributed by atoms with Crippen molar-refractivity contribution >= 4 is 16.8 Å². The lowest BCUT2D eigenvalue weighted by atomic mass is 10.2. The minimum absolute atomic E-state index is 0.0229. The summed E-state index contributed by atoms with van der Waals surface area (Å²) in [5.74, 6) is 0.389. The van der Waals surface area contributed by atoms with Crippen molar-refractivity contribution < 1.29 is 9.34 Å². The van der Waals surface area contributed by atoms with Gasteiger partial charge in [0.25, 0.3) is 5.69 Å². The number of benzene rings is 2. The number of nitrogens with zero attached hydrogens (tertiary/aromatic N) is 2. The van der Waals surface area contributed by atoms with Crippen LogP contribution in [0, 0.1) is 10.1 Å². The molecule has 0 aliphatic rings. The third-order valence-electron chi connectivity index (χ3n) is 2.60. The van der Waals surface area contributed by atoms with Crippen LogP contribution in [0.4, 0.5) is 5.69 Å². The third-order valence-corrected chi connectivity index (χ3v) is 2.60. The quantitative estimate of drug-likeness (QED) is 0.508. The molecule has 88 valence electrons. The second kappa shape index (κ2) is 3.96. The van der Waals surface area contributed by atoms with Gasteiger partial charge in [-0.05, 0) is 18.2 Å².